The molecule has 6 heteroatoms. The van der Waals surface area contributed by atoms with Crippen LogP contribution in [0.4, 0.5) is 5.82 Å². The zero-order valence-electron chi connectivity index (χ0n) is 11.8. The van der Waals surface area contributed by atoms with Crippen molar-refractivity contribution in [1.82, 2.24) is 19.7 Å². The molecule has 1 unspecified atom stereocenters. The lowest BCUT2D eigenvalue weighted by Gasteiger charge is -2.08. The average Bonchev–Trinajstić information content (AvgIpc) is 2.92. The van der Waals surface area contributed by atoms with Crippen molar-refractivity contribution in [3.8, 4) is 5.69 Å². The Morgan fingerprint density at radius 3 is 2.81 bits per heavy atom. The van der Waals surface area contributed by atoms with Crippen LogP contribution in [0.2, 0.25) is 0 Å². The number of aliphatic hydroxyl groups excluding tert-OH is 1. The minimum atomic E-state index is -0.332. The van der Waals surface area contributed by atoms with Crippen molar-refractivity contribution >= 4 is 16.9 Å². The molecule has 3 aromatic rings. The Balaban J connectivity index is 1.93. The highest BCUT2D eigenvalue weighted by atomic mass is 16.3. The van der Waals surface area contributed by atoms with Gasteiger partial charge in [-0.15, -0.1) is 0 Å². The van der Waals surface area contributed by atoms with Gasteiger partial charge >= 0.3 is 0 Å². The van der Waals surface area contributed by atoms with Crippen LogP contribution in [-0.4, -0.2) is 37.5 Å². The van der Waals surface area contributed by atoms with E-state index >= 15 is 0 Å². The Morgan fingerprint density at radius 1 is 1.24 bits per heavy atom. The van der Waals surface area contributed by atoms with Gasteiger partial charge in [0.05, 0.1) is 23.4 Å². The van der Waals surface area contributed by atoms with Gasteiger partial charge in [0, 0.05) is 6.54 Å². The molecular weight excluding hydrogens is 266 g/mol. The van der Waals surface area contributed by atoms with Gasteiger partial charge in [0.25, 0.3) is 0 Å². The molecule has 1 aromatic carbocycles. The van der Waals surface area contributed by atoms with Gasteiger partial charge in [0.15, 0.2) is 5.65 Å². The molecule has 0 fully saturated rings. The Kier molecular flexibility index (Phi) is 3.79. The van der Waals surface area contributed by atoms with Crippen LogP contribution in [0.25, 0.3) is 16.7 Å². The molecule has 6 nitrogen and oxygen atoms in total. The lowest BCUT2D eigenvalue weighted by molar-refractivity contribution is 0.188. The van der Waals surface area contributed by atoms with E-state index in [1.807, 2.05) is 30.3 Å². The molecule has 0 spiro atoms. The van der Waals surface area contributed by atoms with E-state index in [-0.39, 0.29) is 6.10 Å². The number of nitrogens with zero attached hydrogens (tertiary/aromatic N) is 4. The Labute approximate surface area is 122 Å². The van der Waals surface area contributed by atoms with Gasteiger partial charge in [-0.2, -0.15) is 5.10 Å². The summed E-state index contributed by atoms with van der Waals surface area (Å²) in [6.07, 6.45) is 3.61. The standard InChI is InChI=1S/C15H17N5O/c1-11(21)7-8-16-14-13-9-19-20(15(13)18-10-17-14)12-5-3-2-4-6-12/h2-6,9-11,21H,7-8H2,1H3,(H,16,17,18). The fraction of sp³-hybridized carbons (Fsp3) is 0.267. The Bertz CT molecular complexity index is 723. The largest absolute Gasteiger partial charge is 0.393 e. The van der Waals surface area contributed by atoms with Crippen LogP contribution >= 0.6 is 0 Å². The van der Waals surface area contributed by atoms with Gasteiger partial charge in [-0.05, 0) is 25.5 Å². The normalized spacial score (nSPS) is 12.5. The lowest BCUT2D eigenvalue weighted by atomic mass is 10.3. The summed E-state index contributed by atoms with van der Waals surface area (Å²) in [5, 5.41) is 17.8. The zero-order chi connectivity index (χ0) is 14.7. The van der Waals surface area contributed by atoms with Crippen molar-refractivity contribution in [2.75, 3.05) is 11.9 Å². The van der Waals surface area contributed by atoms with Crippen molar-refractivity contribution in [1.29, 1.82) is 0 Å². The van der Waals surface area contributed by atoms with Crippen LogP contribution in [0.5, 0.6) is 0 Å². The molecule has 0 aliphatic carbocycles. The number of hydrogen-bond donors (Lipinski definition) is 2. The molecule has 0 saturated carbocycles. The first-order valence-electron chi connectivity index (χ1n) is 6.92. The molecule has 1 atom stereocenters. The summed E-state index contributed by atoms with van der Waals surface area (Å²) >= 11 is 0. The summed E-state index contributed by atoms with van der Waals surface area (Å²) in [6.45, 7) is 2.42. The molecule has 0 aliphatic heterocycles. The number of para-hydroxylation sites is 1. The third kappa shape index (κ3) is 2.85. The molecule has 3 rings (SSSR count). The quantitative estimate of drug-likeness (QED) is 0.749. The minimum Gasteiger partial charge on any atom is -0.393 e. The van der Waals surface area contributed by atoms with E-state index in [2.05, 4.69) is 20.4 Å². The van der Waals surface area contributed by atoms with Crippen LogP contribution in [0.1, 0.15) is 13.3 Å². The summed E-state index contributed by atoms with van der Waals surface area (Å²) < 4.78 is 1.79. The van der Waals surface area contributed by atoms with E-state index in [4.69, 9.17) is 0 Å². The van der Waals surface area contributed by atoms with Crippen LogP contribution < -0.4 is 5.32 Å². The lowest BCUT2D eigenvalue weighted by Crippen LogP contribution is -2.10. The summed E-state index contributed by atoms with van der Waals surface area (Å²) in [7, 11) is 0. The molecule has 0 bridgehead atoms. The van der Waals surface area contributed by atoms with E-state index in [0.29, 0.717) is 13.0 Å². The first kappa shape index (κ1) is 13.5. The number of aromatic nitrogens is 4. The van der Waals surface area contributed by atoms with E-state index < -0.39 is 0 Å². The van der Waals surface area contributed by atoms with E-state index in [1.165, 1.54) is 6.33 Å². The van der Waals surface area contributed by atoms with Crippen molar-refractivity contribution < 1.29 is 5.11 Å². The molecule has 2 aromatic heterocycles. The molecule has 0 radical (unpaired) electrons. The maximum atomic E-state index is 9.31. The maximum Gasteiger partial charge on any atom is 0.168 e. The molecule has 2 N–H and O–H groups in total. The second kappa shape index (κ2) is 5.88. The van der Waals surface area contributed by atoms with Gasteiger partial charge in [-0.1, -0.05) is 18.2 Å². The summed E-state index contributed by atoms with van der Waals surface area (Å²) in [4.78, 5) is 8.57. The highest BCUT2D eigenvalue weighted by Crippen LogP contribution is 2.21. The smallest absolute Gasteiger partial charge is 0.168 e. The topological polar surface area (TPSA) is 75.9 Å². The highest BCUT2D eigenvalue weighted by Gasteiger charge is 2.10. The van der Waals surface area contributed by atoms with E-state index in [1.54, 1.807) is 17.8 Å². The first-order valence-corrected chi connectivity index (χ1v) is 6.92. The molecule has 21 heavy (non-hydrogen) atoms. The van der Waals surface area contributed by atoms with Crippen molar-refractivity contribution in [2.45, 2.75) is 19.4 Å². The van der Waals surface area contributed by atoms with Crippen molar-refractivity contribution in [3.63, 3.8) is 0 Å². The summed E-state index contributed by atoms with van der Waals surface area (Å²) in [5.74, 6) is 0.739. The number of benzene rings is 1. The highest BCUT2D eigenvalue weighted by molar-refractivity contribution is 5.87. The maximum absolute atomic E-state index is 9.31. The summed E-state index contributed by atoms with van der Waals surface area (Å²) in [5.41, 5.74) is 1.72. The fourth-order valence-electron chi connectivity index (χ4n) is 2.14. The predicted molar refractivity (Wildman–Crippen MR) is 81.4 cm³/mol. The van der Waals surface area contributed by atoms with Gasteiger partial charge in [0.1, 0.15) is 12.1 Å². The van der Waals surface area contributed by atoms with Crippen LogP contribution in [0, 0.1) is 0 Å². The van der Waals surface area contributed by atoms with Gasteiger partial charge in [0.2, 0.25) is 0 Å². The molecule has 0 saturated heterocycles. The SMILES string of the molecule is CC(O)CCNc1ncnc2c1cnn2-c1ccccc1. The Morgan fingerprint density at radius 2 is 2.05 bits per heavy atom. The first-order chi connectivity index (χ1) is 10.3. The van der Waals surface area contributed by atoms with Crippen LogP contribution in [0.15, 0.2) is 42.9 Å². The molecule has 0 amide bonds. The molecular formula is C15H17N5O. The molecule has 2 heterocycles. The fourth-order valence-corrected chi connectivity index (χ4v) is 2.14. The van der Waals surface area contributed by atoms with Crippen molar-refractivity contribution in [2.24, 2.45) is 0 Å². The number of rotatable bonds is 5. The molecule has 108 valence electrons. The van der Waals surface area contributed by atoms with Gasteiger partial charge in [-0.3, -0.25) is 0 Å². The summed E-state index contributed by atoms with van der Waals surface area (Å²) in [6, 6.07) is 9.86. The average molecular weight is 283 g/mol. The number of anilines is 1. The predicted octanol–water partition coefficient (Wildman–Crippen LogP) is 2.00. The second-order valence-electron chi connectivity index (χ2n) is 4.92. The Hall–Kier alpha value is -2.47. The molecule has 0 aliphatic rings. The monoisotopic (exact) mass is 283 g/mol. The van der Waals surface area contributed by atoms with Gasteiger partial charge < -0.3 is 10.4 Å². The minimum absolute atomic E-state index is 0.332. The second-order valence-corrected chi connectivity index (χ2v) is 4.92. The number of nitrogens with one attached hydrogen (secondary N) is 1. The number of hydrogen-bond acceptors (Lipinski definition) is 5. The number of aliphatic hydroxyl groups is 1. The van der Waals surface area contributed by atoms with E-state index in [0.717, 1.165) is 22.5 Å². The third-order valence-electron chi connectivity index (χ3n) is 3.22. The zero-order valence-corrected chi connectivity index (χ0v) is 11.8. The van der Waals surface area contributed by atoms with Crippen molar-refractivity contribution in [3.05, 3.63) is 42.9 Å². The van der Waals surface area contributed by atoms with E-state index in [9.17, 15) is 5.11 Å². The third-order valence-corrected chi connectivity index (χ3v) is 3.22. The number of fused-ring (bicyclic) bond motifs is 1. The van der Waals surface area contributed by atoms with Gasteiger partial charge in [-0.25, -0.2) is 14.6 Å². The van der Waals surface area contributed by atoms with Crippen LogP contribution in [0.3, 0.4) is 0 Å². The van der Waals surface area contributed by atoms with Crippen LogP contribution in [-0.2, 0) is 0 Å².